The first-order valence-corrected chi connectivity index (χ1v) is 6.36. The first-order valence-electron chi connectivity index (χ1n) is 6.36. The molecule has 0 bridgehead atoms. The highest BCUT2D eigenvalue weighted by atomic mass is 15.3. The summed E-state index contributed by atoms with van der Waals surface area (Å²) in [6.07, 6.45) is 4.10. The van der Waals surface area contributed by atoms with E-state index < -0.39 is 0 Å². The highest BCUT2D eigenvalue weighted by Crippen LogP contribution is 2.30. The lowest BCUT2D eigenvalue weighted by Gasteiger charge is -2.42. The third-order valence-corrected chi connectivity index (χ3v) is 4.38. The minimum Gasteiger partial charge on any atom is -0.330 e. The molecule has 1 aliphatic carbocycles. The van der Waals surface area contributed by atoms with E-state index in [1.54, 1.807) is 0 Å². The van der Waals surface area contributed by atoms with Crippen LogP contribution in [0.15, 0.2) is 0 Å². The van der Waals surface area contributed by atoms with Crippen molar-refractivity contribution in [1.29, 1.82) is 0 Å². The zero-order valence-corrected chi connectivity index (χ0v) is 10.2. The zero-order chi connectivity index (χ0) is 10.8. The molecule has 2 rings (SSSR count). The molecule has 3 nitrogen and oxygen atoms in total. The Balaban J connectivity index is 1.93. The number of likely N-dealkylation sites (N-methyl/N-ethyl adjacent to an activating group) is 1. The fourth-order valence-corrected chi connectivity index (χ4v) is 3.15. The quantitative estimate of drug-likeness (QED) is 0.731. The van der Waals surface area contributed by atoms with Crippen LogP contribution in [-0.2, 0) is 0 Å². The van der Waals surface area contributed by atoms with Crippen molar-refractivity contribution in [3.05, 3.63) is 0 Å². The predicted molar refractivity (Wildman–Crippen MR) is 63.8 cm³/mol. The molecule has 2 fully saturated rings. The summed E-state index contributed by atoms with van der Waals surface area (Å²) in [5, 5.41) is 0. The summed E-state index contributed by atoms with van der Waals surface area (Å²) in [5.41, 5.74) is 5.86. The first kappa shape index (κ1) is 11.4. The van der Waals surface area contributed by atoms with Gasteiger partial charge in [0, 0.05) is 31.7 Å². The minimum absolute atomic E-state index is 0.706. The molecule has 2 N–H and O–H groups in total. The molecule has 1 saturated heterocycles. The monoisotopic (exact) mass is 211 g/mol. The van der Waals surface area contributed by atoms with Crippen LogP contribution >= 0.6 is 0 Å². The van der Waals surface area contributed by atoms with Gasteiger partial charge in [0.25, 0.3) is 0 Å². The maximum Gasteiger partial charge on any atom is 0.0192 e. The Morgan fingerprint density at radius 3 is 2.73 bits per heavy atom. The molecule has 3 unspecified atom stereocenters. The number of hydrogen-bond donors (Lipinski definition) is 1. The van der Waals surface area contributed by atoms with Crippen LogP contribution in [0.3, 0.4) is 0 Å². The van der Waals surface area contributed by atoms with Crippen molar-refractivity contribution in [2.24, 2.45) is 11.7 Å². The molecule has 0 aromatic carbocycles. The Morgan fingerprint density at radius 2 is 2.07 bits per heavy atom. The lowest BCUT2D eigenvalue weighted by atomic mass is 10.0. The van der Waals surface area contributed by atoms with Crippen molar-refractivity contribution in [2.45, 2.75) is 38.3 Å². The van der Waals surface area contributed by atoms with Gasteiger partial charge in [-0.3, -0.25) is 4.90 Å². The zero-order valence-electron chi connectivity index (χ0n) is 10.2. The maximum atomic E-state index is 5.86. The van der Waals surface area contributed by atoms with Gasteiger partial charge in [-0.25, -0.2) is 0 Å². The summed E-state index contributed by atoms with van der Waals surface area (Å²) >= 11 is 0. The summed E-state index contributed by atoms with van der Waals surface area (Å²) in [6.45, 7) is 6.90. The van der Waals surface area contributed by atoms with Crippen molar-refractivity contribution < 1.29 is 0 Å². The molecule has 0 aromatic heterocycles. The molecule has 0 radical (unpaired) electrons. The van der Waals surface area contributed by atoms with E-state index in [4.69, 9.17) is 5.73 Å². The van der Waals surface area contributed by atoms with Gasteiger partial charge in [-0.2, -0.15) is 0 Å². The molecule has 3 heteroatoms. The van der Waals surface area contributed by atoms with Crippen LogP contribution < -0.4 is 5.73 Å². The third kappa shape index (κ3) is 2.35. The third-order valence-electron chi connectivity index (χ3n) is 4.38. The van der Waals surface area contributed by atoms with Crippen LogP contribution in [0.25, 0.3) is 0 Å². The van der Waals surface area contributed by atoms with E-state index in [9.17, 15) is 0 Å². The Kier molecular flexibility index (Phi) is 3.65. The summed E-state index contributed by atoms with van der Waals surface area (Å²) < 4.78 is 0. The summed E-state index contributed by atoms with van der Waals surface area (Å²) in [4.78, 5) is 5.15. The van der Waals surface area contributed by atoms with E-state index in [0.29, 0.717) is 6.04 Å². The summed E-state index contributed by atoms with van der Waals surface area (Å²) in [7, 11) is 2.23. The van der Waals surface area contributed by atoms with Crippen molar-refractivity contribution in [3.63, 3.8) is 0 Å². The Morgan fingerprint density at radius 1 is 1.27 bits per heavy atom. The largest absolute Gasteiger partial charge is 0.330 e. The van der Waals surface area contributed by atoms with Gasteiger partial charge in [-0.15, -0.1) is 0 Å². The molecule has 88 valence electrons. The van der Waals surface area contributed by atoms with Crippen molar-refractivity contribution in [2.75, 3.05) is 33.2 Å². The molecule has 1 aliphatic heterocycles. The van der Waals surface area contributed by atoms with Gasteiger partial charge < -0.3 is 10.6 Å². The van der Waals surface area contributed by atoms with Crippen molar-refractivity contribution >= 4 is 0 Å². The Labute approximate surface area is 93.6 Å². The smallest absolute Gasteiger partial charge is 0.0192 e. The number of piperazine rings is 1. The number of nitrogens with zero attached hydrogens (tertiary/aromatic N) is 2. The van der Waals surface area contributed by atoms with E-state index in [1.807, 2.05) is 0 Å². The first-order chi connectivity index (χ1) is 7.22. The molecule has 1 heterocycles. The van der Waals surface area contributed by atoms with Crippen LogP contribution in [0.2, 0.25) is 0 Å². The lowest BCUT2D eigenvalue weighted by Crippen LogP contribution is -2.54. The average molecular weight is 211 g/mol. The van der Waals surface area contributed by atoms with E-state index in [1.165, 1.54) is 38.9 Å². The van der Waals surface area contributed by atoms with Gasteiger partial charge in [0.1, 0.15) is 0 Å². The number of rotatable bonds is 2. The lowest BCUT2D eigenvalue weighted by molar-refractivity contribution is 0.0590. The van der Waals surface area contributed by atoms with Gasteiger partial charge in [-0.05, 0) is 39.3 Å². The van der Waals surface area contributed by atoms with Crippen LogP contribution in [0.5, 0.6) is 0 Å². The van der Waals surface area contributed by atoms with Gasteiger partial charge >= 0.3 is 0 Å². The average Bonchev–Trinajstić information content (AvgIpc) is 2.70. The van der Waals surface area contributed by atoms with Crippen LogP contribution in [0.1, 0.15) is 26.2 Å². The second-order valence-corrected chi connectivity index (χ2v) is 5.32. The fraction of sp³-hybridized carbons (Fsp3) is 1.00. The molecule has 3 atom stereocenters. The van der Waals surface area contributed by atoms with E-state index >= 15 is 0 Å². The van der Waals surface area contributed by atoms with Crippen LogP contribution in [-0.4, -0.2) is 55.1 Å². The van der Waals surface area contributed by atoms with Gasteiger partial charge in [0.15, 0.2) is 0 Å². The molecule has 0 aromatic rings. The molecule has 1 saturated carbocycles. The number of hydrogen-bond acceptors (Lipinski definition) is 3. The Bertz CT molecular complexity index is 207. The SMILES string of the molecule is CC1CN(C2CCCC2CN)CCN1C. The van der Waals surface area contributed by atoms with Crippen LogP contribution in [0.4, 0.5) is 0 Å². The molecular formula is C12H25N3. The summed E-state index contributed by atoms with van der Waals surface area (Å²) in [6, 6.07) is 1.49. The highest BCUT2D eigenvalue weighted by Gasteiger charge is 2.33. The second-order valence-electron chi connectivity index (χ2n) is 5.32. The molecule has 2 aliphatic rings. The van der Waals surface area contributed by atoms with Gasteiger partial charge in [0.05, 0.1) is 0 Å². The van der Waals surface area contributed by atoms with E-state index in [-0.39, 0.29) is 0 Å². The predicted octanol–water partition coefficient (Wildman–Crippen LogP) is 0.750. The molecule has 15 heavy (non-hydrogen) atoms. The van der Waals surface area contributed by atoms with E-state index in [2.05, 4.69) is 23.8 Å². The number of nitrogens with two attached hydrogens (primary N) is 1. The normalized spacial score (nSPS) is 39.8. The molecule has 0 spiro atoms. The van der Waals surface area contributed by atoms with Crippen LogP contribution in [0, 0.1) is 5.92 Å². The highest BCUT2D eigenvalue weighted by molar-refractivity contribution is 4.89. The van der Waals surface area contributed by atoms with Crippen molar-refractivity contribution in [3.8, 4) is 0 Å². The molecular weight excluding hydrogens is 186 g/mol. The maximum absolute atomic E-state index is 5.86. The minimum atomic E-state index is 0.706. The summed E-state index contributed by atoms with van der Waals surface area (Å²) in [5.74, 6) is 0.764. The van der Waals surface area contributed by atoms with Gasteiger partial charge in [0.2, 0.25) is 0 Å². The topological polar surface area (TPSA) is 32.5 Å². The molecule has 0 amide bonds. The van der Waals surface area contributed by atoms with Crippen molar-refractivity contribution in [1.82, 2.24) is 9.80 Å². The standard InChI is InChI=1S/C12H25N3/c1-10-9-15(7-6-14(10)2)12-5-3-4-11(12)8-13/h10-12H,3-9,13H2,1-2H3. The fourth-order valence-electron chi connectivity index (χ4n) is 3.15. The van der Waals surface area contributed by atoms with E-state index in [0.717, 1.165) is 18.5 Å². The second kappa shape index (κ2) is 4.81. The van der Waals surface area contributed by atoms with Gasteiger partial charge in [-0.1, -0.05) is 6.42 Å². The Hall–Kier alpha value is -0.120.